The highest BCUT2D eigenvalue weighted by Crippen LogP contribution is 2.41. The molecule has 3 N–H and O–H groups in total. The first kappa shape index (κ1) is 25.9. The van der Waals surface area contributed by atoms with Gasteiger partial charge >= 0.3 is 6.18 Å². The molecule has 0 aromatic carbocycles. The van der Waals surface area contributed by atoms with Crippen LogP contribution in [-0.4, -0.2) is 68.2 Å². The normalized spacial score (nSPS) is 25.6. The third-order valence-electron chi connectivity index (χ3n) is 7.64. The van der Waals surface area contributed by atoms with Crippen LogP contribution >= 0.6 is 11.3 Å². The molecule has 37 heavy (non-hydrogen) atoms. The summed E-state index contributed by atoms with van der Waals surface area (Å²) in [6.07, 6.45) is 1.21. The Morgan fingerprint density at radius 2 is 1.86 bits per heavy atom. The van der Waals surface area contributed by atoms with Gasteiger partial charge in [-0.1, -0.05) is 6.92 Å². The minimum Gasteiger partial charge on any atom is -0.393 e. The van der Waals surface area contributed by atoms with E-state index in [4.69, 9.17) is 0 Å². The summed E-state index contributed by atoms with van der Waals surface area (Å²) in [5, 5.41) is 15.0. The lowest BCUT2D eigenvalue weighted by Crippen LogP contribution is -2.46. The molecule has 4 heterocycles. The summed E-state index contributed by atoms with van der Waals surface area (Å²) in [6, 6.07) is -0.0128. The number of aliphatic hydroxyl groups excluding tert-OH is 1. The van der Waals surface area contributed by atoms with Crippen molar-refractivity contribution in [2.75, 3.05) is 5.32 Å². The van der Waals surface area contributed by atoms with Crippen molar-refractivity contribution in [1.82, 2.24) is 20.2 Å². The van der Waals surface area contributed by atoms with Gasteiger partial charge in [0.2, 0.25) is 0 Å². The first-order valence-corrected chi connectivity index (χ1v) is 13.5. The molecule has 0 spiro atoms. The van der Waals surface area contributed by atoms with E-state index in [1.165, 1.54) is 19.2 Å². The second-order valence-electron chi connectivity index (χ2n) is 10.2. The molecule has 3 aliphatic rings. The molecule has 1 saturated carbocycles. The van der Waals surface area contributed by atoms with Gasteiger partial charge in [-0.25, -0.2) is 9.97 Å². The predicted molar refractivity (Wildman–Crippen MR) is 133 cm³/mol. The van der Waals surface area contributed by atoms with Crippen molar-refractivity contribution < 1.29 is 27.9 Å². The number of anilines is 1. The summed E-state index contributed by atoms with van der Waals surface area (Å²) < 4.78 is 39.7. The zero-order valence-corrected chi connectivity index (χ0v) is 21.5. The average Bonchev–Trinajstić information content (AvgIpc) is 3.55. The first-order valence-electron chi connectivity index (χ1n) is 12.7. The number of hydrogen-bond acceptors (Lipinski definition) is 7. The molecule has 0 radical (unpaired) electrons. The second kappa shape index (κ2) is 9.86. The van der Waals surface area contributed by atoms with Crippen molar-refractivity contribution in [1.29, 1.82) is 0 Å². The number of thiazole rings is 1. The Labute approximate surface area is 216 Å². The number of alkyl halides is 3. The van der Waals surface area contributed by atoms with Gasteiger partial charge < -0.3 is 20.6 Å². The number of aryl methyl sites for hydroxylation is 1. The largest absolute Gasteiger partial charge is 0.408 e. The molecule has 0 unspecified atom stereocenters. The third kappa shape index (κ3) is 5.05. The van der Waals surface area contributed by atoms with Crippen molar-refractivity contribution in [2.45, 2.75) is 95.2 Å². The molecule has 12 heteroatoms. The summed E-state index contributed by atoms with van der Waals surface area (Å²) in [4.78, 5) is 37.7. The molecule has 5 rings (SSSR count). The minimum atomic E-state index is -4.41. The minimum absolute atomic E-state index is 0.0851. The van der Waals surface area contributed by atoms with Gasteiger partial charge in [-0.2, -0.15) is 13.2 Å². The van der Waals surface area contributed by atoms with Gasteiger partial charge in [-0.3, -0.25) is 9.59 Å². The molecule has 1 aliphatic carbocycles. The SMILES string of the molecule is CC[C@H](Nc1cc(C)c(-c2sc(C(=O)N[C@H]3C[C@H](O)C3)nc2C(=O)N2C3CCC2CC3)cn1)C(F)(F)F. The maximum atomic E-state index is 13.7. The third-order valence-corrected chi connectivity index (χ3v) is 8.73. The average molecular weight is 538 g/mol. The van der Waals surface area contributed by atoms with E-state index in [9.17, 15) is 27.9 Å². The van der Waals surface area contributed by atoms with Crippen molar-refractivity contribution in [2.24, 2.45) is 0 Å². The summed E-state index contributed by atoms with van der Waals surface area (Å²) in [6.45, 7) is 3.18. The van der Waals surface area contributed by atoms with E-state index >= 15 is 0 Å². The van der Waals surface area contributed by atoms with Gasteiger partial charge in [0.15, 0.2) is 5.01 Å². The zero-order chi connectivity index (χ0) is 26.5. The van der Waals surface area contributed by atoms with Crippen LogP contribution in [0.15, 0.2) is 12.3 Å². The van der Waals surface area contributed by atoms with Crippen LogP contribution in [0, 0.1) is 6.92 Å². The Hall–Kier alpha value is -2.73. The molecule has 2 saturated heterocycles. The van der Waals surface area contributed by atoms with E-state index in [0.717, 1.165) is 37.0 Å². The van der Waals surface area contributed by atoms with E-state index in [1.54, 1.807) is 6.92 Å². The molecule has 200 valence electrons. The summed E-state index contributed by atoms with van der Waals surface area (Å²) in [5.74, 6) is -0.549. The standard InChI is InChI=1S/C25H30F3N5O3S/c1-3-18(25(26,27)28)31-19-8-12(2)17(11-29-19)21-20(24(36)33-14-4-5-15(33)7-6-14)32-23(37-21)22(35)30-13-9-16(34)10-13/h8,11,13-16,18,34H,3-7,9-10H2,1-2H3,(H,29,31)(H,30,35)/t13-,14?,15?,16-,18-/m0/s1. The number of fused-ring (bicyclic) bond motifs is 2. The summed E-state index contributed by atoms with van der Waals surface area (Å²) in [7, 11) is 0. The van der Waals surface area contributed by atoms with Gasteiger partial charge in [0.25, 0.3) is 11.8 Å². The molecule has 2 aliphatic heterocycles. The lowest BCUT2D eigenvalue weighted by atomic mass is 9.89. The van der Waals surface area contributed by atoms with Crippen LogP contribution in [-0.2, 0) is 0 Å². The molecular formula is C25H30F3N5O3S. The molecule has 2 aromatic rings. The molecule has 2 aromatic heterocycles. The second-order valence-corrected chi connectivity index (χ2v) is 11.2. The van der Waals surface area contributed by atoms with Crippen molar-refractivity contribution in [3.63, 3.8) is 0 Å². The van der Waals surface area contributed by atoms with Crippen LogP contribution in [0.4, 0.5) is 19.0 Å². The first-order chi connectivity index (χ1) is 17.5. The number of nitrogens with zero attached hydrogens (tertiary/aromatic N) is 3. The smallest absolute Gasteiger partial charge is 0.393 e. The quantitative estimate of drug-likeness (QED) is 0.487. The van der Waals surface area contributed by atoms with E-state index in [1.807, 2.05) is 4.90 Å². The van der Waals surface area contributed by atoms with Crippen LogP contribution in [0.2, 0.25) is 0 Å². The molecule has 1 atom stereocenters. The number of nitrogens with one attached hydrogen (secondary N) is 2. The van der Waals surface area contributed by atoms with Crippen LogP contribution in [0.3, 0.4) is 0 Å². The summed E-state index contributed by atoms with van der Waals surface area (Å²) in [5.41, 5.74) is 1.34. The lowest BCUT2D eigenvalue weighted by molar-refractivity contribution is -0.142. The van der Waals surface area contributed by atoms with Crippen LogP contribution in [0.5, 0.6) is 0 Å². The van der Waals surface area contributed by atoms with Crippen molar-refractivity contribution in [3.8, 4) is 10.4 Å². The number of carbonyl (C=O) groups is 2. The van der Waals surface area contributed by atoms with Crippen molar-refractivity contribution >= 4 is 29.0 Å². The number of hydrogen-bond donors (Lipinski definition) is 3. The fourth-order valence-electron chi connectivity index (χ4n) is 5.53. The Morgan fingerprint density at radius 3 is 2.41 bits per heavy atom. The van der Waals surface area contributed by atoms with Crippen LogP contribution in [0.1, 0.15) is 77.7 Å². The number of halogens is 3. The van der Waals surface area contributed by atoms with Gasteiger partial charge in [0, 0.05) is 29.9 Å². The molecule has 2 amide bonds. The van der Waals surface area contributed by atoms with Crippen molar-refractivity contribution in [3.05, 3.63) is 28.5 Å². The Morgan fingerprint density at radius 1 is 1.22 bits per heavy atom. The van der Waals surface area contributed by atoms with E-state index in [2.05, 4.69) is 20.6 Å². The highest BCUT2D eigenvalue weighted by atomic mass is 32.1. The van der Waals surface area contributed by atoms with Crippen LogP contribution < -0.4 is 10.6 Å². The van der Waals surface area contributed by atoms with E-state index in [-0.39, 0.29) is 47.0 Å². The maximum Gasteiger partial charge on any atom is 0.408 e. The van der Waals surface area contributed by atoms with E-state index < -0.39 is 24.2 Å². The Kier molecular flexibility index (Phi) is 6.90. The number of amides is 2. The topological polar surface area (TPSA) is 107 Å². The number of aromatic nitrogens is 2. The monoisotopic (exact) mass is 537 g/mol. The van der Waals surface area contributed by atoms with Gasteiger partial charge in [-0.05, 0) is 63.5 Å². The van der Waals surface area contributed by atoms with E-state index in [0.29, 0.717) is 28.8 Å². The van der Waals surface area contributed by atoms with Crippen LogP contribution in [0.25, 0.3) is 10.4 Å². The summed E-state index contributed by atoms with van der Waals surface area (Å²) >= 11 is 1.08. The Balaban J connectivity index is 1.46. The van der Waals surface area contributed by atoms with Gasteiger partial charge in [0.05, 0.1) is 11.0 Å². The Bertz CT molecular complexity index is 1180. The maximum absolute atomic E-state index is 13.7. The predicted octanol–water partition coefficient (Wildman–Crippen LogP) is 4.29. The fraction of sp³-hybridized carbons (Fsp3) is 0.600. The number of pyridine rings is 1. The molecule has 3 fully saturated rings. The number of aliphatic hydroxyl groups is 1. The molecular weight excluding hydrogens is 507 g/mol. The number of carbonyl (C=O) groups excluding carboxylic acids is 2. The zero-order valence-electron chi connectivity index (χ0n) is 20.6. The van der Waals surface area contributed by atoms with Gasteiger partial charge in [0.1, 0.15) is 17.6 Å². The molecule has 8 nitrogen and oxygen atoms in total. The molecule has 2 bridgehead atoms. The highest BCUT2D eigenvalue weighted by Gasteiger charge is 2.44. The highest BCUT2D eigenvalue weighted by molar-refractivity contribution is 7.17. The van der Waals surface area contributed by atoms with Gasteiger partial charge in [-0.15, -0.1) is 11.3 Å². The lowest BCUT2D eigenvalue weighted by Gasteiger charge is -2.31. The fourth-order valence-corrected chi connectivity index (χ4v) is 6.57. The number of rotatable bonds is 7.